The van der Waals surface area contributed by atoms with Crippen molar-refractivity contribution in [2.24, 2.45) is 0 Å². The van der Waals surface area contributed by atoms with E-state index in [0.29, 0.717) is 6.42 Å². The number of benzene rings is 1. The van der Waals surface area contributed by atoms with Gasteiger partial charge in [0, 0.05) is 37.0 Å². The van der Waals surface area contributed by atoms with Gasteiger partial charge in [0.1, 0.15) is 5.82 Å². The van der Waals surface area contributed by atoms with E-state index < -0.39 is 0 Å². The summed E-state index contributed by atoms with van der Waals surface area (Å²) in [5.41, 5.74) is 8.84. The molecule has 3 aromatic rings. The van der Waals surface area contributed by atoms with E-state index in [1.165, 1.54) is 5.56 Å². The number of hydrogen-bond donors (Lipinski definition) is 3. The number of hydrogen-bond acceptors (Lipinski definition) is 4. The minimum absolute atomic E-state index is 0.648. The third kappa shape index (κ3) is 8.39. The molecular weight excluding hydrogens is 466 g/mol. The molecule has 5 heteroatoms. The summed E-state index contributed by atoms with van der Waals surface area (Å²) >= 11 is 0. The number of anilines is 1. The lowest BCUT2D eigenvalue weighted by atomic mass is 10.0. The minimum Gasteiger partial charge on any atom is -0.387 e. The Morgan fingerprint density at radius 3 is 2.53 bits per heavy atom. The van der Waals surface area contributed by atoms with Crippen LogP contribution in [0.25, 0.3) is 11.6 Å². The van der Waals surface area contributed by atoms with Gasteiger partial charge in [0.25, 0.3) is 0 Å². The number of aromatic amines is 1. The van der Waals surface area contributed by atoms with Crippen molar-refractivity contribution in [3.05, 3.63) is 138 Å². The molecule has 0 atom stereocenters. The molecule has 194 valence electrons. The fourth-order valence-corrected chi connectivity index (χ4v) is 3.86. The number of terminal acetylenes is 1. The van der Waals surface area contributed by atoms with Gasteiger partial charge in [-0.2, -0.15) is 0 Å². The number of aromatic nitrogens is 3. The Morgan fingerprint density at radius 2 is 1.89 bits per heavy atom. The molecule has 0 radical (unpaired) electrons. The van der Waals surface area contributed by atoms with E-state index in [0.717, 1.165) is 57.5 Å². The van der Waals surface area contributed by atoms with E-state index >= 15 is 0 Å². The van der Waals surface area contributed by atoms with Gasteiger partial charge in [-0.25, -0.2) is 4.98 Å². The normalized spacial score (nSPS) is 11.4. The predicted octanol–water partition coefficient (Wildman–Crippen LogP) is 7.01. The molecule has 3 rings (SSSR count). The summed E-state index contributed by atoms with van der Waals surface area (Å²) in [6, 6.07) is 12.4. The van der Waals surface area contributed by atoms with Crippen LogP contribution in [0.2, 0.25) is 0 Å². The number of rotatable bonds is 12. The molecule has 0 saturated heterocycles. The van der Waals surface area contributed by atoms with Crippen LogP contribution in [0, 0.1) is 19.8 Å². The lowest BCUT2D eigenvalue weighted by Crippen LogP contribution is -2.12. The molecule has 2 aromatic heterocycles. The maximum absolute atomic E-state index is 4.74. The summed E-state index contributed by atoms with van der Waals surface area (Å²) in [6.45, 7) is 15.9. The zero-order chi connectivity index (χ0) is 27.9. The SMILES string of the molecule is C#C.C=C/C=C\c1nc(Cc2cc(C(/C=C(\C=C)NC(=C)Cc3ccccc3)=C/C)ncc2NC)[nH]c1C. The first-order valence-electron chi connectivity index (χ1n) is 12.3. The third-order valence-electron chi connectivity index (χ3n) is 5.70. The van der Waals surface area contributed by atoms with Crippen LogP contribution in [0.4, 0.5) is 5.69 Å². The Hall–Kier alpha value is -4.82. The Balaban J connectivity index is 0.00000247. The van der Waals surface area contributed by atoms with Gasteiger partial charge in [-0.05, 0) is 54.8 Å². The van der Waals surface area contributed by atoms with Crippen LogP contribution in [0.3, 0.4) is 0 Å². The van der Waals surface area contributed by atoms with Gasteiger partial charge in [-0.3, -0.25) is 4.98 Å². The van der Waals surface area contributed by atoms with Crippen molar-refractivity contribution in [2.75, 3.05) is 12.4 Å². The van der Waals surface area contributed by atoms with E-state index in [9.17, 15) is 0 Å². The van der Waals surface area contributed by atoms with Gasteiger partial charge in [0.05, 0.1) is 23.3 Å². The monoisotopic (exact) mass is 503 g/mol. The van der Waals surface area contributed by atoms with Crippen molar-refractivity contribution >= 4 is 17.3 Å². The van der Waals surface area contributed by atoms with Crippen LogP contribution in [0.15, 0.2) is 104 Å². The molecule has 0 saturated carbocycles. The van der Waals surface area contributed by atoms with Crippen LogP contribution in [0.1, 0.15) is 41.0 Å². The molecule has 0 aliphatic rings. The molecule has 0 bridgehead atoms. The van der Waals surface area contributed by atoms with Crippen molar-refractivity contribution in [1.82, 2.24) is 20.3 Å². The molecule has 2 heterocycles. The Bertz CT molecular complexity index is 1350. The highest BCUT2D eigenvalue weighted by molar-refractivity contribution is 5.74. The first-order valence-corrected chi connectivity index (χ1v) is 12.3. The maximum atomic E-state index is 4.74. The second-order valence-corrected chi connectivity index (χ2v) is 8.38. The first-order chi connectivity index (χ1) is 18.5. The topological polar surface area (TPSA) is 65.6 Å². The summed E-state index contributed by atoms with van der Waals surface area (Å²) < 4.78 is 0. The Morgan fingerprint density at radius 1 is 1.16 bits per heavy atom. The number of H-pyrrole nitrogens is 1. The number of aryl methyl sites for hydroxylation is 1. The van der Waals surface area contributed by atoms with Crippen LogP contribution < -0.4 is 10.6 Å². The number of pyridine rings is 1. The van der Waals surface area contributed by atoms with E-state index in [1.807, 2.05) is 69.6 Å². The van der Waals surface area contributed by atoms with Crippen molar-refractivity contribution in [2.45, 2.75) is 26.7 Å². The molecule has 0 unspecified atom stereocenters. The fourth-order valence-electron chi connectivity index (χ4n) is 3.86. The number of imidazole rings is 1. The zero-order valence-corrected chi connectivity index (χ0v) is 22.6. The second-order valence-electron chi connectivity index (χ2n) is 8.38. The predicted molar refractivity (Wildman–Crippen MR) is 163 cm³/mol. The van der Waals surface area contributed by atoms with Crippen molar-refractivity contribution in [3.63, 3.8) is 0 Å². The standard InChI is InChI=1S/C31H35N5.C2H2/c1-7-10-16-28-23(5)35-31(36-28)20-26-19-29(33-21-30(26)32-6)25(8-2)18-27(9-3)34-22(4)17-24-14-12-11-13-15-24;1-2/h7-16,18-19,21,32,34H,1,3-4,17,20H2,2,5-6H3,(H,35,36);1-2H/b16-10-,25-8+,27-18+;. The van der Waals surface area contributed by atoms with Crippen molar-refractivity contribution in [1.29, 1.82) is 0 Å². The fraction of sp³-hybridized carbons (Fsp3) is 0.152. The molecule has 1 aromatic carbocycles. The quantitative estimate of drug-likeness (QED) is 0.184. The lowest BCUT2D eigenvalue weighted by Gasteiger charge is -2.13. The summed E-state index contributed by atoms with van der Waals surface area (Å²) in [5.74, 6) is 0.896. The molecule has 38 heavy (non-hydrogen) atoms. The summed E-state index contributed by atoms with van der Waals surface area (Å²) in [4.78, 5) is 12.8. The highest BCUT2D eigenvalue weighted by Gasteiger charge is 2.11. The van der Waals surface area contributed by atoms with Crippen LogP contribution in [0.5, 0.6) is 0 Å². The zero-order valence-electron chi connectivity index (χ0n) is 22.6. The van der Waals surface area contributed by atoms with E-state index in [1.54, 1.807) is 12.2 Å². The highest BCUT2D eigenvalue weighted by atomic mass is 14.9. The molecular formula is C33H37N5. The number of nitrogens with zero attached hydrogens (tertiary/aromatic N) is 2. The summed E-state index contributed by atoms with van der Waals surface area (Å²) in [7, 11) is 1.90. The van der Waals surface area contributed by atoms with Gasteiger partial charge >= 0.3 is 0 Å². The maximum Gasteiger partial charge on any atom is 0.111 e. The minimum atomic E-state index is 0.648. The summed E-state index contributed by atoms with van der Waals surface area (Å²) in [5, 5.41) is 6.64. The average Bonchev–Trinajstić information content (AvgIpc) is 3.29. The van der Waals surface area contributed by atoms with E-state index in [4.69, 9.17) is 9.97 Å². The second kappa shape index (κ2) is 15.3. The van der Waals surface area contributed by atoms with Crippen molar-refractivity contribution in [3.8, 4) is 12.8 Å². The first kappa shape index (κ1) is 29.4. The smallest absolute Gasteiger partial charge is 0.111 e. The Kier molecular flexibility index (Phi) is 11.9. The Labute approximate surface area is 227 Å². The van der Waals surface area contributed by atoms with Gasteiger partial charge in [-0.1, -0.05) is 68.3 Å². The van der Waals surface area contributed by atoms with Gasteiger partial charge in [0.2, 0.25) is 0 Å². The molecule has 0 fully saturated rings. The molecule has 0 aliphatic heterocycles. The van der Waals surface area contributed by atoms with E-state index in [-0.39, 0.29) is 0 Å². The van der Waals surface area contributed by atoms with Crippen LogP contribution in [-0.4, -0.2) is 22.0 Å². The van der Waals surface area contributed by atoms with Gasteiger partial charge in [0.15, 0.2) is 0 Å². The van der Waals surface area contributed by atoms with Crippen LogP contribution >= 0.6 is 0 Å². The van der Waals surface area contributed by atoms with Gasteiger partial charge in [-0.15, -0.1) is 12.8 Å². The molecule has 0 aliphatic carbocycles. The third-order valence-corrected chi connectivity index (χ3v) is 5.70. The van der Waals surface area contributed by atoms with E-state index in [2.05, 4.69) is 66.4 Å². The molecule has 0 amide bonds. The lowest BCUT2D eigenvalue weighted by molar-refractivity contribution is 0.941. The largest absolute Gasteiger partial charge is 0.387 e. The number of nitrogens with one attached hydrogen (secondary N) is 3. The molecule has 5 nitrogen and oxygen atoms in total. The van der Waals surface area contributed by atoms with Crippen LogP contribution in [-0.2, 0) is 12.8 Å². The van der Waals surface area contributed by atoms with Crippen molar-refractivity contribution < 1.29 is 0 Å². The highest BCUT2D eigenvalue weighted by Crippen LogP contribution is 2.24. The molecule has 3 N–H and O–H groups in total. The average molecular weight is 504 g/mol. The number of allylic oxidation sites excluding steroid dienone is 7. The van der Waals surface area contributed by atoms with Gasteiger partial charge < -0.3 is 15.6 Å². The summed E-state index contributed by atoms with van der Waals surface area (Å²) in [6.07, 6.45) is 22.7. The molecule has 0 spiro atoms.